The van der Waals surface area contributed by atoms with E-state index in [1.54, 1.807) is 0 Å². The first kappa shape index (κ1) is 13.5. The van der Waals surface area contributed by atoms with Crippen LogP contribution in [0, 0.1) is 0 Å². The maximum Gasteiger partial charge on any atom is 0.110 e. The largest absolute Gasteiger partial charge is 0.374 e. The fourth-order valence-electron chi connectivity index (χ4n) is 2.47. The molecule has 1 saturated heterocycles. The zero-order valence-corrected chi connectivity index (χ0v) is 11.6. The van der Waals surface area contributed by atoms with E-state index >= 15 is 0 Å². The van der Waals surface area contributed by atoms with Crippen molar-refractivity contribution in [3.8, 4) is 0 Å². The molecule has 2 unspecified atom stereocenters. The number of rotatable bonds is 5. The molecule has 18 heavy (non-hydrogen) atoms. The predicted molar refractivity (Wildman–Crippen MR) is 71.6 cm³/mol. The first-order valence-electron chi connectivity index (χ1n) is 6.72. The van der Waals surface area contributed by atoms with Crippen LogP contribution in [0.4, 0.5) is 0 Å². The van der Waals surface area contributed by atoms with Crippen LogP contribution in [-0.4, -0.2) is 59.9 Å². The van der Waals surface area contributed by atoms with Crippen LogP contribution >= 0.6 is 0 Å². The zero-order valence-electron chi connectivity index (χ0n) is 11.6. The zero-order chi connectivity index (χ0) is 13.0. The third kappa shape index (κ3) is 3.10. The molecule has 5 heteroatoms. The summed E-state index contributed by atoms with van der Waals surface area (Å²) in [6.07, 6.45) is 4.99. The number of aromatic nitrogens is 2. The van der Waals surface area contributed by atoms with Crippen LogP contribution in [0.5, 0.6) is 0 Å². The molecule has 2 rings (SSSR count). The highest BCUT2D eigenvalue weighted by Gasteiger charge is 2.27. The summed E-state index contributed by atoms with van der Waals surface area (Å²) < 4.78 is 7.98. The lowest BCUT2D eigenvalue weighted by atomic mass is 10.1. The second-order valence-electron chi connectivity index (χ2n) is 4.86. The van der Waals surface area contributed by atoms with Gasteiger partial charge in [-0.25, -0.2) is 4.98 Å². The topological polar surface area (TPSA) is 42.3 Å². The molecule has 5 nitrogen and oxygen atoms in total. The number of nitrogens with one attached hydrogen (secondary N) is 1. The van der Waals surface area contributed by atoms with E-state index in [-0.39, 0.29) is 6.10 Å². The van der Waals surface area contributed by atoms with Crippen molar-refractivity contribution in [3.63, 3.8) is 0 Å². The van der Waals surface area contributed by atoms with E-state index < -0.39 is 0 Å². The van der Waals surface area contributed by atoms with E-state index in [1.807, 2.05) is 26.5 Å². The molecule has 0 bridgehead atoms. The highest BCUT2D eigenvalue weighted by Crippen LogP contribution is 2.12. The average Bonchev–Trinajstić information content (AvgIpc) is 2.81. The van der Waals surface area contributed by atoms with Gasteiger partial charge in [0.25, 0.3) is 0 Å². The van der Waals surface area contributed by atoms with Gasteiger partial charge in [0.1, 0.15) is 5.82 Å². The van der Waals surface area contributed by atoms with E-state index in [9.17, 15) is 0 Å². The summed E-state index contributed by atoms with van der Waals surface area (Å²) in [5.74, 6) is 1.10. The molecule has 0 spiro atoms. The Balaban J connectivity index is 1.97. The number of morpholine rings is 1. The van der Waals surface area contributed by atoms with Gasteiger partial charge in [-0.2, -0.15) is 0 Å². The number of aryl methyl sites for hydroxylation is 1. The summed E-state index contributed by atoms with van der Waals surface area (Å²) in [7, 11) is 4.04. The van der Waals surface area contributed by atoms with Crippen molar-refractivity contribution in [2.24, 2.45) is 7.05 Å². The lowest BCUT2D eigenvalue weighted by molar-refractivity contribution is -0.0439. The molecule has 1 aromatic rings. The third-order valence-corrected chi connectivity index (χ3v) is 3.77. The lowest BCUT2D eigenvalue weighted by Gasteiger charge is -2.36. The molecule has 1 N–H and O–H groups in total. The molecule has 1 aliphatic heterocycles. The lowest BCUT2D eigenvalue weighted by Crippen LogP contribution is -2.52. The minimum atomic E-state index is 0.250. The van der Waals surface area contributed by atoms with Crippen molar-refractivity contribution < 1.29 is 4.74 Å². The fraction of sp³-hybridized carbons (Fsp3) is 0.769. The normalized spacial score (nSPS) is 23.2. The van der Waals surface area contributed by atoms with Gasteiger partial charge in [-0.3, -0.25) is 4.90 Å². The minimum Gasteiger partial charge on any atom is -0.374 e. The van der Waals surface area contributed by atoms with Crippen molar-refractivity contribution in [2.75, 3.05) is 33.3 Å². The summed E-state index contributed by atoms with van der Waals surface area (Å²) in [5, 5.41) is 3.38. The van der Waals surface area contributed by atoms with Crippen molar-refractivity contribution in [3.05, 3.63) is 18.2 Å². The molecule has 102 valence electrons. The Morgan fingerprint density at radius 3 is 3.06 bits per heavy atom. The fourth-order valence-corrected chi connectivity index (χ4v) is 2.47. The molecule has 1 aromatic heterocycles. The minimum absolute atomic E-state index is 0.250. The molecular formula is C13H24N4O. The molecule has 2 atom stereocenters. The maximum atomic E-state index is 5.91. The summed E-state index contributed by atoms with van der Waals surface area (Å²) in [6.45, 7) is 6.18. The number of ether oxygens (including phenoxy) is 1. The Hall–Kier alpha value is -0.910. The average molecular weight is 252 g/mol. The van der Waals surface area contributed by atoms with Crippen LogP contribution in [0.1, 0.15) is 12.7 Å². The van der Waals surface area contributed by atoms with E-state index in [2.05, 4.69) is 26.7 Å². The predicted octanol–water partition coefficient (Wildman–Crippen LogP) is 0.271. The molecule has 0 aromatic carbocycles. The van der Waals surface area contributed by atoms with E-state index in [4.69, 9.17) is 4.74 Å². The monoisotopic (exact) mass is 252 g/mol. The molecule has 1 fully saturated rings. The maximum absolute atomic E-state index is 5.91. The first-order chi connectivity index (χ1) is 8.74. The van der Waals surface area contributed by atoms with Gasteiger partial charge in [0.2, 0.25) is 0 Å². The second-order valence-corrected chi connectivity index (χ2v) is 4.86. The van der Waals surface area contributed by atoms with E-state index in [0.29, 0.717) is 6.04 Å². The first-order valence-corrected chi connectivity index (χ1v) is 6.72. The Labute approximate surface area is 109 Å². The summed E-state index contributed by atoms with van der Waals surface area (Å²) >= 11 is 0. The van der Waals surface area contributed by atoms with E-state index in [1.165, 1.54) is 0 Å². The van der Waals surface area contributed by atoms with Gasteiger partial charge in [-0.05, 0) is 13.6 Å². The quantitative estimate of drug-likeness (QED) is 0.817. The van der Waals surface area contributed by atoms with Gasteiger partial charge < -0.3 is 14.6 Å². The van der Waals surface area contributed by atoms with Crippen molar-refractivity contribution >= 4 is 0 Å². The van der Waals surface area contributed by atoms with E-state index in [0.717, 1.165) is 38.5 Å². The standard InChI is InChI=1S/C13H24N4O/c1-4-17-7-8-18-12(10-17)11(14-2)9-13-15-5-6-16(13)3/h5-6,11-12,14H,4,7-10H2,1-3H3. The van der Waals surface area contributed by atoms with Crippen LogP contribution in [0.25, 0.3) is 0 Å². The highest BCUT2D eigenvalue weighted by atomic mass is 16.5. The van der Waals surface area contributed by atoms with Gasteiger partial charge in [0.15, 0.2) is 0 Å². The van der Waals surface area contributed by atoms with Gasteiger partial charge in [-0.15, -0.1) is 0 Å². The second kappa shape index (κ2) is 6.31. The van der Waals surface area contributed by atoms with Gasteiger partial charge >= 0.3 is 0 Å². The molecular weight excluding hydrogens is 228 g/mol. The SMILES string of the molecule is CCN1CCOC(C(Cc2nccn2C)NC)C1. The Morgan fingerprint density at radius 1 is 1.61 bits per heavy atom. The Kier molecular flexibility index (Phi) is 4.74. The van der Waals surface area contributed by atoms with Crippen molar-refractivity contribution in [1.29, 1.82) is 0 Å². The van der Waals surface area contributed by atoms with Crippen molar-refractivity contribution in [2.45, 2.75) is 25.5 Å². The summed E-state index contributed by atoms with van der Waals surface area (Å²) in [4.78, 5) is 6.83. The van der Waals surface area contributed by atoms with Gasteiger partial charge in [-0.1, -0.05) is 6.92 Å². The summed E-state index contributed by atoms with van der Waals surface area (Å²) in [6, 6.07) is 0.320. The van der Waals surface area contributed by atoms with Crippen LogP contribution in [-0.2, 0) is 18.2 Å². The summed E-state index contributed by atoms with van der Waals surface area (Å²) in [5.41, 5.74) is 0. The van der Waals surface area contributed by atoms with Crippen LogP contribution in [0.3, 0.4) is 0 Å². The molecule has 1 aliphatic rings. The smallest absolute Gasteiger partial charge is 0.110 e. The molecule has 0 aliphatic carbocycles. The van der Waals surface area contributed by atoms with Crippen LogP contribution in [0.15, 0.2) is 12.4 Å². The van der Waals surface area contributed by atoms with Crippen molar-refractivity contribution in [1.82, 2.24) is 19.8 Å². The number of likely N-dealkylation sites (N-methyl/N-ethyl adjacent to an activating group) is 2. The van der Waals surface area contributed by atoms with Gasteiger partial charge in [0.05, 0.1) is 12.7 Å². The Bertz CT molecular complexity index is 366. The Morgan fingerprint density at radius 2 is 2.44 bits per heavy atom. The van der Waals surface area contributed by atoms with Gasteiger partial charge in [0, 0.05) is 45.0 Å². The number of hydrogen-bond donors (Lipinski definition) is 1. The molecule has 2 heterocycles. The molecule has 0 amide bonds. The highest BCUT2D eigenvalue weighted by molar-refractivity contribution is 4.97. The number of imidazole rings is 1. The van der Waals surface area contributed by atoms with Crippen LogP contribution < -0.4 is 5.32 Å². The number of nitrogens with zero attached hydrogens (tertiary/aromatic N) is 3. The molecule has 0 radical (unpaired) electrons. The number of hydrogen-bond acceptors (Lipinski definition) is 4. The molecule has 0 saturated carbocycles. The third-order valence-electron chi connectivity index (χ3n) is 3.77. The van der Waals surface area contributed by atoms with Crippen LogP contribution in [0.2, 0.25) is 0 Å².